The first-order chi connectivity index (χ1) is 6.95. The van der Waals surface area contributed by atoms with Crippen LogP contribution in [0.2, 0.25) is 0 Å². The van der Waals surface area contributed by atoms with Crippen LogP contribution in [0.5, 0.6) is 0 Å². The van der Waals surface area contributed by atoms with Crippen molar-refractivity contribution >= 4 is 45.9 Å². The predicted molar refractivity (Wildman–Crippen MR) is 65.4 cm³/mol. The molecule has 0 aliphatic heterocycles. The Morgan fingerprint density at radius 3 is 2.53 bits per heavy atom. The molecule has 1 aromatic carbocycles. The Kier molecular flexibility index (Phi) is 4.10. The summed E-state index contributed by atoms with van der Waals surface area (Å²) in [6.45, 7) is 1.34. The van der Waals surface area contributed by atoms with Gasteiger partial charge in [0.1, 0.15) is 5.38 Å². The third kappa shape index (κ3) is 2.69. The minimum absolute atomic E-state index is 0.0806. The smallest absolute Gasteiger partial charge is 0.336 e. The third-order valence-corrected chi connectivity index (χ3v) is 3.36. The first-order valence-corrected chi connectivity index (χ1v) is 5.63. The summed E-state index contributed by atoms with van der Waals surface area (Å²) >= 11 is 7.85. The van der Waals surface area contributed by atoms with Gasteiger partial charge in [-0.3, -0.25) is 4.79 Å². The fourth-order valence-corrected chi connectivity index (χ4v) is 2.41. The molecule has 0 saturated heterocycles. The lowest BCUT2D eigenvalue weighted by Gasteiger charge is -2.11. The molecule has 3 nitrogen and oxygen atoms in total. The molecule has 0 bridgehead atoms. The summed E-state index contributed by atoms with van der Waals surface area (Å²) in [4.78, 5) is 22.1. The molecule has 5 heteroatoms. The Morgan fingerprint density at radius 1 is 1.47 bits per heavy atom. The van der Waals surface area contributed by atoms with Gasteiger partial charge in [0.25, 0.3) is 0 Å². The summed E-state index contributed by atoms with van der Waals surface area (Å²) in [6.07, 6.45) is 0. The highest BCUT2D eigenvalue weighted by Gasteiger charge is 2.22. The Bertz CT molecular complexity index is 417. The van der Waals surface area contributed by atoms with E-state index in [1.54, 1.807) is 12.1 Å². The van der Waals surface area contributed by atoms with Gasteiger partial charge in [0.05, 0.1) is 5.56 Å². The number of ketones is 1. The molecule has 1 atom stereocenters. The van der Waals surface area contributed by atoms with Gasteiger partial charge in [-0.2, -0.15) is 0 Å². The quantitative estimate of drug-likeness (QED) is 0.681. The molecule has 0 saturated carbocycles. The number of carboxylic acids is 1. The molecule has 0 spiro atoms. The molecular formula is C10H8ClIO3. The average Bonchev–Trinajstić information content (AvgIpc) is 2.16. The van der Waals surface area contributed by atoms with E-state index in [4.69, 9.17) is 16.7 Å². The molecule has 80 valence electrons. The zero-order valence-electron chi connectivity index (χ0n) is 7.83. The molecule has 0 amide bonds. The van der Waals surface area contributed by atoms with Gasteiger partial charge in [-0.05, 0) is 41.6 Å². The lowest BCUT2D eigenvalue weighted by Crippen LogP contribution is -2.11. The van der Waals surface area contributed by atoms with Gasteiger partial charge in [0, 0.05) is 9.13 Å². The van der Waals surface area contributed by atoms with Crippen molar-refractivity contribution in [1.82, 2.24) is 0 Å². The summed E-state index contributed by atoms with van der Waals surface area (Å²) in [5, 5.41) is 8.05. The maximum absolute atomic E-state index is 11.1. The third-order valence-electron chi connectivity index (χ3n) is 1.89. The standard InChI is InChI=1S/C10H8ClIO3/c1-5(13)9(11)8-6(10(14)15)3-2-4-7(8)12/h2-4,9H,1H3,(H,14,15). The largest absolute Gasteiger partial charge is 0.478 e. The fourth-order valence-electron chi connectivity index (χ4n) is 1.18. The number of aromatic carboxylic acids is 1. The van der Waals surface area contributed by atoms with Gasteiger partial charge in [0.15, 0.2) is 5.78 Å². The summed E-state index contributed by atoms with van der Waals surface area (Å²) in [5.74, 6) is -1.33. The molecule has 1 aromatic rings. The number of alkyl halides is 1. The van der Waals surface area contributed by atoms with Crippen LogP contribution in [0.25, 0.3) is 0 Å². The highest BCUT2D eigenvalue weighted by atomic mass is 127. The predicted octanol–water partition coefficient (Wildman–Crippen LogP) is 2.86. The molecule has 1 N–H and O–H groups in total. The highest BCUT2D eigenvalue weighted by Crippen LogP contribution is 2.29. The van der Waals surface area contributed by atoms with Gasteiger partial charge in [-0.25, -0.2) is 4.79 Å². The first kappa shape index (κ1) is 12.4. The van der Waals surface area contributed by atoms with Crippen LogP contribution >= 0.6 is 34.2 Å². The lowest BCUT2D eigenvalue weighted by atomic mass is 10.0. The van der Waals surface area contributed by atoms with E-state index in [2.05, 4.69) is 0 Å². The minimum atomic E-state index is -1.07. The monoisotopic (exact) mass is 338 g/mol. The molecule has 15 heavy (non-hydrogen) atoms. The second-order valence-corrected chi connectivity index (χ2v) is 4.58. The zero-order valence-corrected chi connectivity index (χ0v) is 10.7. The first-order valence-electron chi connectivity index (χ1n) is 4.11. The van der Waals surface area contributed by atoms with E-state index < -0.39 is 11.3 Å². The van der Waals surface area contributed by atoms with Crippen molar-refractivity contribution in [2.75, 3.05) is 0 Å². The molecule has 0 aliphatic rings. The van der Waals surface area contributed by atoms with Gasteiger partial charge in [0.2, 0.25) is 0 Å². The van der Waals surface area contributed by atoms with E-state index >= 15 is 0 Å². The summed E-state index contributed by atoms with van der Waals surface area (Å²) in [7, 11) is 0. The molecule has 0 fully saturated rings. The van der Waals surface area contributed by atoms with Crippen molar-refractivity contribution in [3.63, 3.8) is 0 Å². The van der Waals surface area contributed by atoms with Crippen molar-refractivity contribution in [2.45, 2.75) is 12.3 Å². The summed E-state index contributed by atoms with van der Waals surface area (Å²) in [5.41, 5.74) is 0.455. The number of carbonyl (C=O) groups excluding carboxylic acids is 1. The maximum Gasteiger partial charge on any atom is 0.336 e. The van der Waals surface area contributed by atoms with E-state index in [0.717, 1.165) is 0 Å². The number of halogens is 2. The number of hydrogen-bond acceptors (Lipinski definition) is 2. The van der Waals surface area contributed by atoms with E-state index in [1.165, 1.54) is 13.0 Å². The van der Waals surface area contributed by atoms with Crippen LogP contribution in [0.1, 0.15) is 28.2 Å². The van der Waals surface area contributed by atoms with E-state index in [0.29, 0.717) is 9.13 Å². The number of hydrogen-bond donors (Lipinski definition) is 1. The van der Waals surface area contributed by atoms with Crippen LogP contribution < -0.4 is 0 Å². The number of benzene rings is 1. The Hall–Kier alpha value is -0.620. The SMILES string of the molecule is CC(=O)C(Cl)c1c(I)cccc1C(=O)O. The molecule has 0 heterocycles. The topological polar surface area (TPSA) is 54.4 Å². The fraction of sp³-hybridized carbons (Fsp3) is 0.200. The van der Waals surface area contributed by atoms with Crippen molar-refractivity contribution in [1.29, 1.82) is 0 Å². The number of rotatable bonds is 3. The number of carbonyl (C=O) groups is 2. The van der Waals surface area contributed by atoms with Gasteiger partial charge in [-0.1, -0.05) is 6.07 Å². The van der Waals surface area contributed by atoms with Gasteiger partial charge in [-0.15, -0.1) is 11.6 Å². The van der Waals surface area contributed by atoms with Crippen LogP contribution in [0, 0.1) is 3.57 Å². The van der Waals surface area contributed by atoms with E-state index in [1.807, 2.05) is 22.6 Å². The van der Waals surface area contributed by atoms with Crippen LogP contribution in [-0.4, -0.2) is 16.9 Å². The van der Waals surface area contributed by atoms with Crippen molar-refractivity contribution < 1.29 is 14.7 Å². The Labute approximate surface area is 106 Å². The summed E-state index contributed by atoms with van der Waals surface area (Å²) < 4.78 is 0.683. The second-order valence-electron chi connectivity index (χ2n) is 2.98. The van der Waals surface area contributed by atoms with E-state index in [9.17, 15) is 9.59 Å². The van der Waals surface area contributed by atoms with Crippen LogP contribution in [0.4, 0.5) is 0 Å². The number of Topliss-reactive ketones (excluding diaryl/α,β-unsaturated/α-hetero) is 1. The molecule has 1 unspecified atom stereocenters. The van der Waals surface area contributed by atoms with Crippen LogP contribution in [-0.2, 0) is 4.79 Å². The highest BCUT2D eigenvalue weighted by molar-refractivity contribution is 14.1. The molecule has 0 aliphatic carbocycles. The average molecular weight is 339 g/mol. The summed E-state index contributed by atoms with van der Waals surface area (Å²) in [6, 6.07) is 4.79. The number of carboxylic acid groups (broad SMARTS) is 1. The molecule has 1 rings (SSSR count). The van der Waals surface area contributed by atoms with Crippen molar-refractivity contribution in [3.05, 3.63) is 32.9 Å². The van der Waals surface area contributed by atoms with Crippen LogP contribution in [0.3, 0.4) is 0 Å². The Morgan fingerprint density at radius 2 is 2.07 bits per heavy atom. The lowest BCUT2D eigenvalue weighted by molar-refractivity contribution is -0.116. The van der Waals surface area contributed by atoms with Gasteiger partial charge < -0.3 is 5.11 Å². The van der Waals surface area contributed by atoms with Gasteiger partial charge >= 0.3 is 5.97 Å². The minimum Gasteiger partial charge on any atom is -0.478 e. The van der Waals surface area contributed by atoms with Crippen molar-refractivity contribution in [2.24, 2.45) is 0 Å². The van der Waals surface area contributed by atoms with Crippen LogP contribution in [0.15, 0.2) is 18.2 Å². The zero-order chi connectivity index (χ0) is 11.6. The molecule has 0 aromatic heterocycles. The molecular weight excluding hydrogens is 330 g/mol. The normalized spacial score (nSPS) is 12.2. The maximum atomic E-state index is 11.1. The molecule has 0 radical (unpaired) electrons. The van der Waals surface area contributed by atoms with E-state index in [-0.39, 0.29) is 11.3 Å². The Balaban J connectivity index is 3.37. The second kappa shape index (κ2) is 4.94. The van der Waals surface area contributed by atoms with Crippen molar-refractivity contribution in [3.8, 4) is 0 Å².